The van der Waals surface area contributed by atoms with Crippen molar-refractivity contribution in [1.29, 1.82) is 0 Å². The minimum atomic E-state index is -0.767. The van der Waals surface area contributed by atoms with Crippen LogP contribution in [0.5, 0.6) is 0 Å². The van der Waals surface area contributed by atoms with Gasteiger partial charge in [-0.3, -0.25) is 14.6 Å². The van der Waals surface area contributed by atoms with Gasteiger partial charge in [-0.2, -0.15) is 0 Å². The summed E-state index contributed by atoms with van der Waals surface area (Å²) in [5.74, 6) is -1.90. The van der Waals surface area contributed by atoms with E-state index in [9.17, 15) is 14.7 Å². The van der Waals surface area contributed by atoms with E-state index < -0.39 is 23.5 Å². The van der Waals surface area contributed by atoms with Gasteiger partial charge in [-0.15, -0.1) is 0 Å². The lowest BCUT2D eigenvalue weighted by atomic mass is 9.96. The number of pyridine rings is 1. The Kier molecular flexibility index (Phi) is 6.37. The van der Waals surface area contributed by atoms with Gasteiger partial charge < -0.3 is 19.3 Å². The van der Waals surface area contributed by atoms with E-state index in [-0.39, 0.29) is 11.3 Å². The Labute approximate surface area is 187 Å². The normalized spacial score (nSPS) is 16.5. The molecule has 7 nitrogen and oxygen atoms in total. The second kappa shape index (κ2) is 9.36. The van der Waals surface area contributed by atoms with Gasteiger partial charge in [0.05, 0.1) is 25.7 Å². The number of carbonyl (C=O) groups is 2. The fourth-order valence-electron chi connectivity index (χ4n) is 4.31. The Balaban J connectivity index is 1.67. The summed E-state index contributed by atoms with van der Waals surface area (Å²) < 4.78 is 5.72. The molecule has 0 saturated heterocycles. The number of benzene rings is 1. The summed E-state index contributed by atoms with van der Waals surface area (Å²) in [6, 6.07) is 11.6. The first-order valence-corrected chi connectivity index (χ1v) is 11.0. The zero-order valence-corrected chi connectivity index (χ0v) is 18.3. The predicted octanol–water partition coefficient (Wildman–Crippen LogP) is 1.52. The first kappa shape index (κ1) is 21.8. The molecule has 32 heavy (non-hydrogen) atoms. The summed E-state index contributed by atoms with van der Waals surface area (Å²) >= 11 is 0. The summed E-state index contributed by atoms with van der Waals surface area (Å²) in [6.07, 6.45) is 3.96. The lowest BCUT2D eigenvalue weighted by molar-refractivity contribution is -0.896. The van der Waals surface area contributed by atoms with Gasteiger partial charge in [0, 0.05) is 36.3 Å². The molecule has 2 aromatic heterocycles. The van der Waals surface area contributed by atoms with Crippen molar-refractivity contribution in [3.63, 3.8) is 0 Å². The number of carbonyl (C=O) groups excluding carboxylic acids is 2. The molecule has 1 aliphatic rings. The maximum absolute atomic E-state index is 13.4. The van der Waals surface area contributed by atoms with Crippen LogP contribution in [-0.4, -0.2) is 47.8 Å². The summed E-state index contributed by atoms with van der Waals surface area (Å²) in [5.41, 5.74) is 1.13. The van der Waals surface area contributed by atoms with Crippen LogP contribution >= 0.6 is 0 Å². The molecule has 1 N–H and O–H groups in total. The van der Waals surface area contributed by atoms with E-state index in [0.29, 0.717) is 17.7 Å². The number of aromatic nitrogens is 1. The van der Waals surface area contributed by atoms with Crippen molar-refractivity contribution in [2.75, 3.05) is 26.2 Å². The summed E-state index contributed by atoms with van der Waals surface area (Å²) in [7, 11) is 0. The molecule has 0 spiro atoms. The molecule has 7 heteroatoms. The third kappa shape index (κ3) is 4.03. The molecule has 0 fully saturated rings. The van der Waals surface area contributed by atoms with Gasteiger partial charge in [-0.1, -0.05) is 24.3 Å². The monoisotopic (exact) mass is 433 g/mol. The standard InChI is InChI=1S/C25H27N3O4/c1-3-27(4-2)13-8-14-28-22(18-10-7-12-26-16-18)21(24(30)25(28)31)23(29)20-15-17-9-5-6-11-19(17)32-20/h5-7,9-12,15-16,22,30H,3-4,8,13-14H2,1-2H3. The number of hydrogen-bond donors (Lipinski definition) is 1. The van der Waals surface area contributed by atoms with Gasteiger partial charge >= 0.3 is 0 Å². The SMILES string of the molecule is CC[NH+](CC)CCCN1C(=O)C([O-])=C(C(=O)c2cc3ccccc3o2)C1c1cccnc1. The molecule has 166 valence electrons. The molecule has 3 heterocycles. The fraction of sp³-hybridized carbons (Fsp3) is 0.320. The number of amides is 1. The Bertz CT molecular complexity index is 1120. The Morgan fingerprint density at radius 2 is 1.97 bits per heavy atom. The number of nitrogens with one attached hydrogen (secondary N) is 1. The zero-order chi connectivity index (χ0) is 22.7. The third-order valence-electron chi connectivity index (χ3n) is 6.11. The van der Waals surface area contributed by atoms with E-state index >= 15 is 0 Å². The maximum Gasteiger partial charge on any atom is 0.239 e. The minimum absolute atomic E-state index is 0.0608. The van der Waals surface area contributed by atoms with Crippen LogP contribution in [0, 0.1) is 0 Å². The Hall–Kier alpha value is -3.45. The van der Waals surface area contributed by atoms with Crippen LogP contribution in [0.3, 0.4) is 0 Å². The molecule has 0 aliphatic carbocycles. The van der Waals surface area contributed by atoms with Crippen molar-refractivity contribution in [2.45, 2.75) is 26.3 Å². The van der Waals surface area contributed by atoms with Crippen molar-refractivity contribution in [3.05, 3.63) is 77.5 Å². The van der Waals surface area contributed by atoms with Crippen LogP contribution in [0.1, 0.15) is 42.4 Å². The predicted molar refractivity (Wildman–Crippen MR) is 118 cm³/mol. The van der Waals surface area contributed by atoms with E-state index in [1.165, 1.54) is 9.80 Å². The first-order valence-electron chi connectivity index (χ1n) is 11.0. The second-order valence-corrected chi connectivity index (χ2v) is 7.97. The Morgan fingerprint density at radius 1 is 1.19 bits per heavy atom. The van der Waals surface area contributed by atoms with Crippen molar-refractivity contribution in [1.82, 2.24) is 9.88 Å². The van der Waals surface area contributed by atoms with Crippen molar-refractivity contribution in [2.24, 2.45) is 0 Å². The molecular formula is C25H27N3O4. The van der Waals surface area contributed by atoms with Gasteiger partial charge in [-0.05, 0) is 43.4 Å². The number of ketones is 1. The molecule has 0 radical (unpaired) electrons. The molecule has 1 atom stereocenters. The smallest absolute Gasteiger partial charge is 0.239 e. The van der Waals surface area contributed by atoms with Crippen molar-refractivity contribution >= 4 is 22.7 Å². The highest BCUT2D eigenvalue weighted by atomic mass is 16.3. The van der Waals surface area contributed by atoms with E-state index in [0.717, 1.165) is 31.4 Å². The fourth-order valence-corrected chi connectivity index (χ4v) is 4.31. The second-order valence-electron chi connectivity index (χ2n) is 7.97. The Morgan fingerprint density at radius 3 is 2.66 bits per heavy atom. The first-order chi connectivity index (χ1) is 15.5. The van der Waals surface area contributed by atoms with E-state index in [2.05, 4.69) is 18.8 Å². The zero-order valence-electron chi connectivity index (χ0n) is 18.3. The molecule has 1 aromatic carbocycles. The number of quaternary nitrogens is 1. The summed E-state index contributed by atoms with van der Waals surface area (Å²) in [4.78, 5) is 33.5. The minimum Gasteiger partial charge on any atom is -0.868 e. The quantitative estimate of drug-likeness (QED) is 0.517. The molecule has 1 aliphatic heterocycles. The molecule has 4 rings (SSSR count). The molecule has 0 bridgehead atoms. The summed E-state index contributed by atoms with van der Waals surface area (Å²) in [5, 5.41) is 13.8. The number of para-hydroxylation sites is 1. The molecule has 0 saturated carbocycles. The molecule has 1 unspecified atom stereocenters. The number of hydrogen-bond acceptors (Lipinski definition) is 5. The van der Waals surface area contributed by atoms with Gasteiger partial charge in [0.2, 0.25) is 11.7 Å². The van der Waals surface area contributed by atoms with Gasteiger partial charge in [-0.25, -0.2) is 0 Å². The molecule has 3 aromatic rings. The van der Waals surface area contributed by atoms with Crippen LogP contribution in [0.4, 0.5) is 0 Å². The lowest BCUT2D eigenvalue weighted by Gasteiger charge is -2.28. The van der Waals surface area contributed by atoms with E-state index in [1.54, 1.807) is 36.7 Å². The number of rotatable bonds is 9. The van der Waals surface area contributed by atoms with Crippen LogP contribution in [0.25, 0.3) is 11.0 Å². The van der Waals surface area contributed by atoms with Crippen molar-refractivity contribution < 1.29 is 24.0 Å². The number of Topliss-reactive ketones (excluding diaryl/α,β-unsaturated/α-hetero) is 1. The molecular weight excluding hydrogens is 406 g/mol. The van der Waals surface area contributed by atoms with Crippen molar-refractivity contribution in [3.8, 4) is 0 Å². The van der Waals surface area contributed by atoms with Crippen LogP contribution < -0.4 is 10.0 Å². The average Bonchev–Trinajstić information content (AvgIpc) is 3.37. The van der Waals surface area contributed by atoms with Crippen LogP contribution in [-0.2, 0) is 4.79 Å². The number of furan rings is 1. The highest BCUT2D eigenvalue weighted by molar-refractivity contribution is 6.15. The lowest BCUT2D eigenvalue weighted by Crippen LogP contribution is -3.11. The largest absolute Gasteiger partial charge is 0.868 e. The number of nitrogens with zero attached hydrogens (tertiary/aromatic N) is 2. The highest BCUT2D eigenvalue weighted by Gasteiger charge is 2.40. The maximum atomic E-state index is 13.4. The van der Waals surface area contributed by atoms with E-state index in [1.807, 2.05) is 18.2 Å². The van der Waals surface area contributed by atoms with Gasteiger partial charge in [0.15, 0.2) is 5.76 Å². The average molecular weight is 434 g/mol. The number of fused-ring (bicyclic) bond motifs is 1. The van der Waals surface area contributed by atoms with Gasteiger partial charge in [0.25, 0.3) is 0 Å². The highest BCUT2D eigenvalue weighted by Crippen LogP contribution is 2.38. The van der Waals surface area contributed by atoms with Gasteiger partial charge in [0.1, 0.15) is 5.58 Å². The summed E-state index contributed by atoms with van der Waals surface area (Å²) in [6.45, 7) is 7.52. The third-order valence-corrected chi connectivity index (χ3v) is 6.11. The van der Waals surface area contributed by atoms with E-state index in [4.69, 9.17) is 4.42 Å². The molecule has 1 amide bonds. The van der Waals surface area contributed by atoms with Crippen LogP contribution in [0.15, 0.2) is 70.6 Å². The topological polar surface area (TPSA) is 90.9 Å². The van der Waals surface area contributed by atoms with Crippen LogP contribution in [0.2, 0.25) is 0 Å².